The van der Waals surface area contributed by atoms with Crippen molar-refractivity contribution < 1.29 is 27.5 Å². The van der Waals surface area contributed by atoms with Crippen LogP contribution in [0.5, 0.6) is 0 Å². The van der Waals surface area contributed by atoms with Crippen LogP contribution < -0.4 is 14.9 Å². The number of hydrogen-bond acceptors (Lipinski definition) is 6. The lowest BCUT2D eigenvalue weighted by molar-refractivity contribution is -0.127. The molecule has 2 rings (SSSR count). The van der Waals surface area contributed by atoms with Gasteiger partial charge in [0.2, 0.25) is 0 Å². The molecule has 0 aliphatic rings. The summed E-state index contributed by atoms with van der Waals surface area (Å²) in [4.78, 5) is 35.4. The number of imide groups is 1. The monoisotopic (exact) mass is 433 g/mol. The van der Waals surface area contributed by atoms with E-state index in [0.717, 1.165) is 4.31 Å². The van der Waals surface area contributed by atoms with Gasteiger partial charge in [0.25, 0.3) is 15.9 Å². The number of esters is 1. The molecule has 0 aliphatic heterocycles. The van der Waals surface area contributed by atoms with Crippen LogP contribution in [0.1, 0.15) is 24.2 Å². The van der Waals surface area contributed by atoms with Crippen LogP contribution in [-0.4, -0.2) is 46.0 Å². The summed E-state index contributed by atoms with van der Waals surface area (Å²) in [5.74, 6) is -1.60. The molecule has 0 radical (unpaired) electrons. The Morgan fingerprint density at radius 2 is 1.63 bits per heavy atom. The maximum Gasteiger partial charge on any atom is 0.338 e. The molecule has 9 nitrogen and oxygen atoms in total. The number of para-hydroxylation sites is 1. The fourth-order valence-electron chi connectivity index (χ4n) is 2.40. The van der Waals surface area contributed by atoms with Crippen molar-refractivity contribution in [1.29, 1.82) is 0 Å². The van der Waals surface area contributed by atoms with Crippen LogP contribution in [0.3, 0.4) is 0 Å². The molecule has 0 saturated carbocycles. The summed E-state index contributed by atoms with van der Waals surface area (Å²) in [6, 6.07) is 13.0. The SMILES string of the molecule is CCNC(=O)NC(=O)[C@@H](C)OC(=O)c1ccc(S(=O)(=O)N(C)c2ccccc2)cc1. The third kappa shape index (κ3) is 5.57. The normalized spacial score (nSPS) is 11.8. The first-order valence-corrected chi connectivity index (χ1v) is 10.5. The van der Waals surface area contributed by atoms with Gasteiger partial charge < -0.3 is 10.1 Å². The Morgan fingerprint density at radius 1 is 1.03 bits per heavy atom. The molecule has 0 saturated heterocycles. The van der Waals surface area contributed by atoms with Crippen molar-refractivity contribution in [2.75, 3.05) is 17.9 Å². The molecular weight excluding hydrogens is 410 g/mol. The topological polar surface area (TPSA) is 122 Å². The molecule has 0 aromatic heterocycles. The van der Waals surface area contributed by atoms with Gasteiger partial charge in [0, 0.05) is 13.6 Å². The summed E-state index contributed by atoms with van der Waals surface area (Å²) >= 11 is 0. The first-order chi connectivity index (χ1) is 14.2. The first-order valence-electron chi connectivity index (χ1n) is 9.10. The number of carbonyl (C=O) groups is 3. The Balaban J connectivity index is 2.07. The lowest BCUT2D eigenvalue weighted by atomic mass is 10.2. The second kappa shape index (κ2) is 9.88. The van der Waals surface area contributed by atoms with Crippen LogP contribution in [-0.2, 0) is 19.6 Å². The molecule has 0 aliphatic carbocycles. The Bertz CT molecular complexity index is 1010. The molecule has 0 heterocycles. The van der Waals surface area contributed by atoms with Crippen molar-refractivity contribution >= 4 is 33.6 Å². The summed E-state index contributed by atoms with van der Waals surface area (Å²) in [6.07, 6.45) is -1.22. The third-order valence-electron chi connectivity index (χ3n) is 4.10. The van der Waals surface area contributed by atoms with Crippen molar-refractivity contribution in [1.82, 2.24) is 10.6 Å². The van der Waals surface area contributed by atoms with E-state index in [9.17, 15) is 22.8 Å². The number of carbonyl (C=O) groups excluding carboxylic acids is 3. The van der Waals surface area contributed by atoms with Gasteiger partial charge in [-0.15, -0.1) is 0 Å². The minimum atomic E-state index is -3.82. The highest BCUT2D eigenvalue weighted by Crippen LogP contribution is 2.22. The van der Waals surface area contributed by atoms with Crippen LogP contribution in [0.4, 0.5) is 10.5 Å². The maximum absolute atomic E-state index is 12.8. The summed E-state index contributed by atoms with van der Waals surface area (Å²) < 4.78 is 31.7. The summed E-state index contributed by atoms with van der Waals surface area (Å²) in [5, 5.41) is 4.43. The zero-order valence-electron chi connectivity index (χ0n) is 16.8. The number of urea groups is 1. The van der Waals surface area contributed by atoms with Gasteiger partial charge in [-0.05, 0) is 50.2 Å². The molecule has 1 atom stereocenters. The maximum atomic E-state index is 12.8. The molecule has 0 bridgehead atoms. The van der Waals surface area contributed by atoms with E-state index in [1.807, 2.05) is 5.32 Å². The number of benzene rings is 2. The quantitative estimate of drug-likeness (QED) is 0.643. The molecule has 0 fully saturated rings. The summed E-state index contributed by atoms with van der Waals surface area (Å²) in [6.45, 7) is 3.34. The largest absolute Gasteiger partial charge is 0.449 e. The zero-order chi connectivity index (χ0) is 22.3. The number of sulfonamides is 1. The molecule has 160 valence electrons. The molecule has 2 aromatic rings. The zero-order valence-corrected chi connectivity index (χ0v) is 17.6. The molecule has 3 amide bonds. The number of nitrogens with one attached hydrogen (secondary N) is 2. The van der Waals surface area contributed by atoms with E-state index in [4.69, 9.17) is 4.74 Å². The number of hydrogen-bond donors (Lipinski definition) is 2. The van der Waals surface area contributed by atoms with Gasteiger partial charge in [-0.3, -0.25) is 14.4 Å². The van der Waals surface area contributed by atoms with E-state index in [1.165, 1.54) is 38.2 Å². The summed E-state index contributed by atoms with van der Waals surface area (Å²) in [7, 11) is -2.38. The van der Waals surface area contributed by atoms with Crippen molar-refractivity contribution in [2.45, 2.75) is 24.8 Å². The molecule has 2 aromatic carbocycles. The van der Waals surface area contributed by atoms with Crippen molar-refractivity contribution in [2.24, 2.45) is 0 Å². The van der Waals surface area contributed by atoms with Crippen LogP contribution in [0.2, 0.25) is 0 Å². The molecule has 2 N–H and O–H groups in total. The van der Waals surface area contributed by atoms with Crippen LogP contribution in [0.25, 0.3) is 0 Å². The molecule has 10 heteroatoms. The van der Waals surface area contributed by atoms with Crippen LogP contribution in [0, 0.1) is 0 Å². The van der Waals surface area contributed by atoms with Crippen LogP contribution >= 0.6 is 0 Å². The highest BCUT2D eigenvalue weighted by molar-refractivity contribution is 7.92. The van der Waals surface area contributed by atoms with E-state index in [2.05, 4.69) is 5.32 Å². The predicted octanol–water partition coefficient (Wildman–Crippen LogP) is 1.90. The van der Waals surface area contributed by atoms with Crippen molar-refractivity contribution in [3.05, 3.63) is 60.2 Å². The predicted molar refractivity (Wildman–Crippen MR) is 111 cm³/mol. The minimum Gasteiger partial charge on any atom is -0.449 e. The van der Waals surface area contributed by atoms with E-state index < -0.39 is 34.0 Å². The first kappa shape index (κ1) is 22.9. The Kier molecular flexibility index (Phi) is 7.54. The third-order valence-corrected chi connectivity index (χ3v) is 5.90. The highest BCUT2D eigenvalue weighted by Gasteiger charge is 2.23. The summed E-state index contributed by atoms with van der Waals surface area (Å²) in [5.41, 5.74) is 0.557. The average molecular weight is 433 g/mol. The van der Waals surface area contributed by atoms with E-state index in [0.29, 0.717) is 12.2 Å². The molecule has 0 unspecified atom stereocenters. The molecular formula is C20H23N3O6S. The second-order valence-electron chi connectivity index (χ2n) is 6.23. The lowest BCUT2D eigenvalue weighted by Gasteiger charge is -2.19. The molecule has 30 heavy (non-hydrogen) atoms. The minimum absolute atomic E-state index is 0.00701. The van der Waals surface area contributed by atoms with Crippen LogP contribution in [0.15, 0.2) is 59.5 Å². The number of ether oxygens (including phenoxy) is 1. The Morgan fingerprint density at radius 3 is 2.20 bits per heavy atom. The smallest absolute Gasteiger partial charge is 0.338 e. The molecule has 0 spiro atoms. The standard InChI is InChI=1S/C20H23N3O6S/c1-4-21-20(26)22-18(24)14(2)29-19(25)15-10-12-17(13-11-15)30(27,28)23(3)16-8-6-5-7-9-16/h5-14H,4H2,1-3H3,(H2,21,22,24,26)/t14-/m1/s1. The number of nitrogens with zero attached hydrogens (tertiary/aromatic N) is 1. The van der Waals surface area contributed by atoms with E-state index in [-0.39, 0.29) is 10.5 Å². The fraction of sp³-hybridized carbons (Fsp3) is 0.250. The van der Waals surface area contributed by atoms with Gasteiger partial charge in [-0.25, -0.2) is 18.0 Å². The number of amides is 3. The van der Waals surface area contributed by atoms with E-state index in [1.54, 1.807) is 37.3 Å². The van der Waals surface area contributed by atoms with Gasteiger partial charge in [0.1, 0.15) is 0 Å². The average Bonchev–Trinajstić information content (AvgIpc) is 2.73. The Hall–Kier alpha value is -3.40. The van der Waals surface area contributed by atoms with Crippen molar-refractivity contribution in [3.63, 3.8) is 0 Å². The second-order valence-corrected chi connectivity index (χ2v) is 8.20. The Labute approximate surface area is 175 Å². The highest BCUT2D eigenvalue weighted by atomic mass is 32.2. The lowest BCUT2D eigenvalue weighted by Crippen LogP contribution is -2.44. The van der Waals surface area contributed by atoms with Gasteiger partial charge in [-0.1, -0.05) is 18.2 Å². The number of rotatable bonds is 7. The van der Waals surface area contributed by atoms with Crippen molar-refractivity contribution in [3.8, 4) is 0 Å². The van der Waals surface area contributed by atoms with E-state index >= 15 is 0 Å². The fourth-order valence-corrected chi connectivity index (χ4v) is 3.59. The number of anilines is 1. The van der Waals surface area contributed by atoms with Gasteiger partial charge in [0.05, 0.1) is 16.1 Å². The van der Waals surface area contributed by atoms with Gasteiger partial charge in [0.15, 0.2) is 6.10 Å². The van der Waals surface area contributed by atoms with Gasteiger partial charge in [-0.2, -0.15) is 0 Å². The van der Waals surface area contributed by atoms with Gasteiger partial charge >= 0.3 is 12.0 Å².